The van der Waals surface area contributed by atoms with Crippen molar-refractivity contribution in [3.05, 3.63) is 46.0 Å². The molecule has 0 saturated heterocycles. The van der Waals surface area contributed by atoms with Crippen molar-refractivity contribution in [2.45, 2.75) is 77.2 Å². The molecule has 1 unspecified atom stereocenters. The Labute approximate surface area is 128 Å². The van der Waals surface area contributed by atoms with Crippen molar-refractivity contribution < 1.29 is 4.92 Å². The zero-order valence-corrected chi connectivity index (χ0v) is 13.3. The van der Waals surface area contributed by atoms with Crippen LogP contribution in [-0.4, -0.2) is 11.0 Å². The average Bonchev–Trinajstić information content (AvgIpc) is 2.50. The summed E-state index contributed by atoms with van der Waals surface area (Å²) in [7, 11) is 0. The second-order valence-corrected chi connectivity index (χ2v) is 5.87. The van der Waals surface area contributed by atoms with Crippen molar-refractivity contribution >= 4 is 0 Å². The van der Waals surface area contributed by atoms with E-state index in [0.29, 0.717) is 0 Å². The Balaban J connectivity index is 2.01. The molecule has 0 heterocycles. The van der Waals surface area contributed by atoms with Crippen LogP contribution in [0.5, 0.6) is 0 Å². The molecule has 3 heteroatoms. The molecule has 0 aromatic heterocycles. The van der Waals surface area contributed by atoms with Crippen LogP contribution in [0.15, 0.2) is 30.3 Å². The molecule has 0 N–H and O–H groups in total. The van der Waals surface area contributed by atoms with Gasteiger partial charge in [-0.25, -0.2) is 0 Å². The highest BCUT2D eigenvalue weighted by Crippen LogP contribution is 2.14. The maximum absolute atomic E-state index is 10.9. The number of hydrogen-bond acceptors (Lipinski definition) is 2. The highest BCUT2D eigenvalue weighted by Gasteiger charge is 2.18. The van der Waals surface area contributed by atoms with Gasteiger partial charge in [-0.15, -0.1) is 0 Å². The van der Waals surface area contributed by atoms with Crippen LogP contribution in [0.2, 0.25) is 0 Å². The van der Waals surface area contributed by atoms with Gasteiger partial charge >= 0.3 is 0 Å². The monoisotopic (exact) mass is 291 g/mol. The number of benzene rings is 1. The lowest BCUT2D eigenvalue weighted by Gasteiger charge is -2.08. The summed E-state index contributed by atoms with van der Waals surface area (Å²) in [5.74, 6) is 0. The Morgan fingerprint density at radius 3 is 2.24 bits per heavy atom. The van der Waals surface area contributed by atoms with Crippen molar-refractivity contribution in [2.24, 2.45) is 0 Å². The van der Waals surface area contributed by atoms with E-state index >= 15 is 0 Å². The number of unbranched alkanes of at least 4 members (excludes halogenated alkanes) is 5. The third kappa shape index (κ3) is 8.49. The number of rotatable bonds is 12. The summed E-state index contributed by atoms with van der Waals surface area (Å²) in [6.07, 6.45) is 10.5. The predicted octanol–water partition coefficient (Wildman–Crippen LogP) is 5.41. The van der Waals surface area contributed by atoms with Gasteiger partial charge in [0.2, 0.25) is 6.04 Å². The van der Waals surface area contributed by atoms with Crippen LogP contribution in [0.1, 0.15) is 70.3 Å². The van der Waals surface area contributed by atoms with Gasteiger partial charge in [-0.1, -0.05) is 62.9 Å². The van der Waals surface area contributed by atoms with E-state index in [1.54, 1.807) is 0 Å². The molecule has 0 aliphatic rings. The molecule has 0 aliphatic heterocycles. The Bertz CT molecular complexity index is 378. The van der Waals surface area contributed by atoms with Gasteiger partial charge in [0.05, 0.1) is 0 Å². The first-order chi connectivity index (χ1) is 10.2. The number of nitro groups is 1. The van der Waals surface area contributed by atoms with Gasteiger partial charge in [0, 0.05) is 17.8 Å². The van der Waals surface area contributed by atoms with Gasteiger partial charge < -0.3 is 0 Å². The quantitative estimate of drug-likeness (QED) is 0.294. The summed E-state index contributed by atoms with van der Waals surface area (Å²) in [6, 6.07) is 10.3. The molecule has 0 bridgehead atoms. The van der Waals surface area contributed by atoms with E-state index in [2.05, 4.69) is 31.2 Å². The fraction of sp³-hybridized carbons (Fsp3) is 0.667. The summed E-state index contributed by atoms with van der Waals surface area (Å²) in [5.41, 5.74) is 1.41. The van der Waals surface area contributed by atoms with E-state index in [9.17, 15) is 10.1 Å². The molecule has 1 atom stereocenters. The second-order valence-electron chi connectivity index (χ2n) is 5.87. The van der Waals surface area contributed by atoms with Crippen LogP contribution in [0, 0.1) is 10.1 Å². The standard InChI is InChI=1S/C18H29NO2/c1-2-3-15-18(19(20)21)16-11-6-4-5-8-12-17-13-9-7-10-14-17/h7,9-10,13-14,18H,2-6,8,11-12,15-16H2,1H3. The van der Waals surface area contributed by atoms with Crippen molar-refractivity contribution in [3.8, 4) is 0 Å². The summed E-state index contributed by atoms with van der Waals surface area (Å²) >= 11 is 0. The van der Waals surface area contributed by atoms with E-state index < -0.39 is 0 Å². The van der Waals surface area contributed by atoms with Gasteiger partial charge in [0.1, 0.15) is 0 Å². The van der Waals surface area contributed by atoms with Crippen LogP contribution in [0.25, 0.3) is 0 Å². The highest BCUT2D eigenvalue weighted by atomic mass is 16.6. The van der Waals surface area contributed by atoms with E-state index in [-0.39, 0.29) is 11.0 Å². The van der Waals surface area contributed by atoms with Gasteiger partial charge in [-0.2, -0.15) is 0 Å². The first-order valence-corrected chi connectivity index (χ1v) is 8.41. The van der Waals surface area contributed by atoms with E-state index in [1.165, 1.54) is 24.8 Å². The molecule has 0 amide bonds. The van der Waals surface area contributed by atoms with E-state index in [1.807, 2.05) is 6.07 Å². The number of nitrogens with zero attached hydrogens (tertiary/aromatic N) is 1. The smallest absolute Gasteiger partial charge is 0.213 e. The zero-order valence-electron chi connectivity index (χ0n) is 13.3. The molecule has 1 aromatic rings. The SMILES string of the molecule is CCCCC(CCCCCCCc1ccccc1)[N+](=O)[O-]. The van der Waals surface area contributed by atoms with E-state index in [4.69, 9.17) is 0 Å². The second kappa shape index (κ2) is 11.3. The van der Waals surface area contributed by atoms with Crippen LogP contribution in [-0.2, 0) is 6.42 Å². The third-order valence-corrected chi connectivity index (χ3v) is 4.03. The van der Waals surface area contributed by atoms with Crippen LogP contribution >= 0.6 is 0 Å². The van der Waals surface area contributed by atoms with Crippen LogP contribution in [0.4, 0.5) is 0 Å². The lowest BCUT2D eigenvalue weighted by atomic mass is 10.0. The minimum Gasteiger partial charge on any atom is -0.264 e. The average molecular weight is 291 g/mol. The molecule has 1 rings (SSSR count). The molecular formula is C18H29NO2. The Morgan fingerprint density at radius 2 is 1.57 bits per heavy atom. The maximum atomic E-state index is 10.9. The number of hydrogen-bond donors (Lipinski definition) is 0. The van der Waals surface area contributed by atoms with E-state index in [0.717, 1.165) is 44.9 Å². The van der Waals surface area contributed by atoms with Crippen LogP contribution in [0.3, 0.4) is 0 Å². The summed E-state index contributed by atoms with van der Waals surface area (Å²) in [6.45, 7) is 2.09. The van der Waals surface area contributed by atoms with Gasteiger partial charge in [0.15, 0.2) is 0 Å². The first kappa shape index (κ1) is 17.7. The van der Waals surface area contributed by atoms with Gasteiger partial charge in [-0.05, 0) is 31.2 Å². The first-order valence-electron chi connectivity index (χ1n) is 8.41. The third-order valence-electron chi connectivity index (χ3n) is 4.03. The minimum atomic E-state index is -0.311. The van der Waals surface area contributed by atoms with Gasteiger partial charge in [0.25, 0.3) is 0 Å². The minimum absolute atomic E-state index is 0.0783. The molecule has 0 spiro atoms. The zero-order chi connectivity index (χ0) is 15.3. The largest absolute Gasteiger partial charge is 0.264 e. The molecule has 1 aromatic carbocycles. The predicted molar refractivity (Wildman–Crippen MR) is 88.2 cm³/mol. The Kier molecular flexibility index (Phi) is 9.51. The molecule has 21 heavy (non-hydrogen) atoms. The normalized spacial score (nSPS) is 12.2. The maximum Gasteiger partial charge on any atom is 0.213 e. The lowest BCUT2D eigenvalue weighted by molar-refractivity contribution is -0.524. The summed E-state index contributed by atoms with van der Waals surface area (Å²) in [5, 5.41) is 10.9. The lowest BCUT2D eigenvalue weighted by Crippen LogP contribution is -2.19. The molecule has 3 nitrogen and oxygen atoms in total. The number of aryl methyl sites for hydroxylation is 1. The van der Waals surface area contributed by atoms with Gasteiger partial charge in [-0.3, -0.25) is 10.1 Å². The van der Waals surface area contributed by atoms with Crippen molar-refractivity contribution in [1.82, 2.24) is 0 Å². The highest BCUT2D eigenvalue weighted by molar-refractivity contribution is 5.14. The fourth-order valence-electron chi connectivity index (χ4n) is 2.68. The topological polar surface area (TPSA) is 43.1 Å². The Morgan fingerprint density at radius 1 is 0.952 bits per heavy atom. The fourth-order valence-corrected chi connectivity index (χ4v) is 2.68. The van der Waals surface area contributed by atoms with Crippen molar-refractivity contribution in [1.29, 1.82) is 0 Å². The van der Waals surface area contributed by atoms with Crippen molar-refractivity contribution in [2.75, 3.05) is 0 Å². The summed E-state index contributed by atoms with van der Waals surface area (Å²) < 4.78 is 0. The molecule has 0 saturated carbocycles. The summed E-state index contributed by atoms with van der Waals surface area (Å²) in [4.78, 5) is 10.9. The Hall–Kier alpha value is -1.38. The van der Waals surface area contributed by atoms with Crippen LogP contribution < -0.4 is 0 Å². The molecule has 0 aliphatic carbocycles. The molecule has 0 fully saturated rings. The molecular weight excluding hydrogens is 262 g/mol. The molecule has 0 radical (unpaired) electrons. The van der Waals surface area contributed by atoms with Crippen molar-refractivity contribution in [3.63, 3.8) is 0 Å². The molecule has 118 valence electrons.